The highest BCUT2D eigenvalue weighted by molar-refractivity contribution is 7.91. The molecule has 0 spiro atoms. The molecule has 1 aromatic rings. The number of hydrogen-bond acceptors (Lipinski definition) is 4. The van der Waals surface area contributed by atoms with Crippen LogP contribution in [-0.4, -0.2) is 38.9 Å². The first-order valence-electron chi connectivity index (χ1n) is 7.63. The van der Waals surface area contributed by atoms with Crippen LogP contribution in [0.1, 0.15) is 30.5 Å². The summed E-state index contributed by atoms with van der Waals surface area (Å²) in [6.45, 7) is 4.75. The van der Waals surface area contributed by atoms with Crippen molar-refractivity contribution in [1.29, 1.82) is 0 Å². The van der Waals surface area contributed by atoms with Crippen molar-refractivity contribution < 1.29 is 13.2 Å². The molecule has 2 atom stereocenters. The van der Waals surface area contributed by atoms with Gasteiger partial charge in [0.2, 0.25) is 5.91 Å². The fraction of sp³-hybridized carbons (Fsp3) is 0.562. The third-order valence-electron chi connectivity index (χ3n) is 4.14. The van der Waals surface area contributed by atoms with Gasteiger partial charge in [-0.3, -0.25) is 4.79 Å². The molecule has 1 heterocycles. The van der Waals surface area contributed by atoms with Crippen molar-refractivity contribution in [1.82, 2.24) is 10.6 Å². The summed E-state index contributed by atoms with van der Waals surface area (Å²) in [5.41, 5.74) is 2.37. The lowest BCUT2D eigenvalue weighted by molar-refractivity contribution is -0.120. The molecular formula is C16H24N2O3S. The summed E-state index contributed by atoms with van der Waals surface area (Å²) in [6.07, 6.45) is 0.648. The minimum atomic E-state index is -2.88. The molecule has 1 aromatic carbocycles. The molecule has 0 bridgehead atoms. The molecular weight excluding hydrogens is 300 g/mol. The topological polar surface area (TPSA) is 75.3 Å². The second-order valence-electron chi connectivity index (χ2n) is 6.03. The normalized spacial score (nSPS) is 21.5. The summed E-state index contributed by atoms with van der Waals surface area (Å²) in [7, 11) is -2.88. The van der Waals surface area contributed by atoms with Gasteiger partial charge in [-0.2, -0.15) is 0 Å². The van der Waals surface area contributed by atoms with Gasteiger partial charge in [0.1, 0.15) is 0 Å². The van der Waals surface area contributed by atoms with Crippen molar-refractivity contribution >= 4 is 15.7 Å². The van der Waals surface area contributed by atoms with Crippen LogP contribution in [-0.2, 0) is 14.6 Å². The summed E-state index contributed by atoms with van der Waals surface area (Å²) < 4.78 is 22.7. The minimum absolute atomic E-state index is 0.0581. The predicted octanol–water partition coefficient (Wildman–Crippen LogP) is 1.20. The highest BCUT2D eigenvalue weighted by Gasteiger charge is 2.27. The Bertz CT molecular complexity index is 628. The van der Waals surface area contributed by atoms with Gasteiger partial charge in [0.25, 0.3) is 0 Å². The van der Waals surface area contributed by atoms with E-state index in [4.69, 9.17) is 0 Å². The van der Waals surface area contributed by atoms with Crippen molar-refractivity contribution in [3.05, 3.63) is 35.4 Å². The summed E-state index contributed by atoms with van der Waals surface area (Å²) in [5, 5.41) is 6.02. The fourth-order valence-electron chi connectivity index (χ4n) is 2.78. The molecule has 1 saturated heterocycles. The van der Waals surface area contributed by atoms with E-state index in [0.717, 1.165) is 0 Å². The average Bonchev–Trinajstić information content (AvgIpc) is 2.82. The maximum atomic E-state index is 11.9. The third kappa shape index (κ3) is 4.81. The van der Waals surface area contributed by atoms with Gasteiger partial charge in [-0.25, -0.2) is 8.42 Å². The quantitative estimate of drug-likeness (QED) is 0.824. The van der Waals surface area contributed by atoms with Crippen LogP contribution in [0.5, 0.6) is 0 Å². The van der Waals surface area contributed by atoms with E-state index in [9.17, 15) is 13.2 Å². The van der Waals surface area contributed by atoms with Crippen LogP contribution < -0.4 is 10.6 Å². The fourth-order valence-corrected chi connectivity index (χ4v) is 4.64. The van der Waals surface area contributed by atoms with Gasteiger partial charge in [-0.1, -0.05) is 24.3 Å². The SMILES string of the molecule is Cc1ccccc1C(C)NCC(=O)NCC1CCS(=O)(=O)C1. The number of carbonyl (C=O) groups excluding carboxylic acids is 1. The number of benzene rings is 1. The van der Waals surface area contributed by atoms with Crippen LogP contribution in [0.3, 0.4) is 0 Å². The van der Waals surface area contributed by atoms with E-state index in [1.807, 2.05) is 38.1 Å². The Morgan fingerprint density at radius 3 is 2.73 bits per heavy atom. The van der Waals surface area contributed by atoms with Crippen LogP contribution in [0, 0.1) is 12.8 Å². The van der Waals surface area contributed by atoms with E-state index < -0.39 is 9.84 Å². The van der Waals surface area contributed by atoms with E-state index in [2.05, 4.69) is 10.6 Å². The third-order valence-corrected chi connectivity index (χ3v) is 5.98. The zero-order chi connectivity index (χ0) is 16.2. The van der Waals surface area contributed by atoms with Gasteiger partial charge >= 0.3 is 0 Å². The monoisotopic (exact) mass is 324 g/mol. The Hall–Kier alpha value is -1.40. The Kier molecular flexibility index (Phi) is 5.58. The number of hydrogen-bond donors (Lipinski definition) is 2. The number of carbonyl (C=O) groups is 1. The predicted molar refractivity (Wildman–Crippen MR) is 87.4 cm³/mol. The zero-order valence-corrected chi connectivity index (χ0v) is 13.9. The number of rotatable bonds is 6. The van der Waals surface area contributed by atoms with E-state index >= 15 is 0 Å². The molecule has 2 N–H and O–H groups in total. The molecule has 1 aliphatic rings. The van der Waals surface area contributed by atoms with Gasteiger partial charge < -0.3 is 10.6 Å². The molecule has 2 unspecified atom stereocenters. The molecule has 1 aliphatic heterocycles. The lowest BCUT2D eigenvalue weighted by Gasteiger charge is -2.17. The molecule has 122 valence electrons. The van der Waals surface area contributed by atoms with Gasteiger partial charge in [-0.15, -0.1) is 0 Å². The second kappa shape index (κ2) is 7.24. The smallest absolute Gasteiger partial charge is 0.233 e. The van der Waals surface area contributed by atoms with E-state index in [1.54, 1.807) is 0 Å². The summed E-state index contributed by atoms with van der Waals surface area (Å²) in [5.74, 6) is 0.406. The van der Waals surface area contributed by atoms with Crippen molar-refractivity contribution in [3.63, 3.8) is 0 Å². The summed E-state index contributed by atoms with van der Waals surface area (Å²) in [6, 6.07) is 8.18. The summed E-state index contributed by atoms with van der Waals surface area (Å²) >= 11 is 0. The van der Waals surface area contributed by atoms with Crippen LogP contribution >= 0.6 is 0 Å². The molecule has 5 nitrogen and oxygen atoms in total. The molecule has 1 fully saturated rings. The lowest BCUT2D eigenvalue weighted by Crippen LogP contribution is -2.37. The second-order valence-corrected chi connectivity index (χ2v) is 8.26. The van der Waals surface area contributed by atoms with Gasteiger partial charge in [0.05, 0.1) is 18.1 Å². The highest BCUT2D eigenvalue weighted by atomic mass is 32.2. The molecule has 22 heavy (non-hydrogen) atoms. The maximum Gasteiger partial charge on any atom is 0.233 e. The Morgan fingerprint density at radius 2 is 2.09 bits per heavy atom. The number of aryl methyl sites for hydroxylation is 1. The Balaban J connectivity index is 1.73. The first kappa shape index (κ1) is 17.0. The standard InChI is InChI=1S/C16H24N2O3S/c1-12-5-3-4-6-15(12)13(2)17-10-16(19)18-9-14-7-8-22(20,21)11-14/h3-6,13-14,17H,7-11H2,1-2H3,(H,18,19). The number of sulfone groups is 1. The van der Waals surface area contributed by atoms with E-state index in [0.29, 0.717) is 13.0 Å². The van der Waals surface area contributed by atoms with Gasteiger partial charge in [-0.05, 0) is 37.3 Å². The Morgan fingerprint density at radius 1 is 1.36 bits per heavy atom. The Labute approximate surface area is 132 Å². The number of amides is 1. The van der Waals surface area contributed by atoms with Gasteiger partial charge in [0, 0.05) is 12.6 Å². The zero-order valence-electron chi connectivity index (χ0n) is 13.1. The molecule has 2 rings (SSSR count). The molecule has 0 saturated carbocycles. The molecule has 0 radical (unpaired) electrons. The number of nitrogens with one attached hydrogen (secondary N) is 2. The highest BCUT2D eigenvalue weighted by Crippen LogP contribution is 2.17. The van der Waals surface area contributed by atoms with Crippen LogP contribution in [0.2, 0.25) is 0 Å². The van der Waals surface area contributed by atoms with Crippen LogP contribution in [0.15, 0.2) is 24.3 Å². The average molecular weight is 324 g/mol. The van der Waals surface area contributed by atoms with Gasteiger partial charge in [0.15, 0.2) is 9.84 Å². The molecule has 6 heteroatoms. The van der Waals surface area contributed by atoms with E-state index in [1.165, 1.54) is 11.1 Å². The minimum Gasteiger partial charge on any atom is -0.355 e. The lowest BCUT2D eigenvalue weighted by atomic mass is 10.0. The summed E-state index contributed by atoms with van der Waals surface area (Å²) in [4.78, 5) is 11.9. The molecule has 1 amide bonds. The molecule has 0 aromatic heterocycles. The van der Waals surface area contributed by atoms with Crippen LogP contribution in [0.4, 0.5) is 0 Å². The largest absolute Gasteiger partial charge is 0.355 e. The first-order valence-corrected chi connectivity index (χ1v) is 9.45. The van der Waals surface area contributed by atoms with Crippen molar-refractivity contribution in [2.24, 2.45) is 5.92 Å². The maximum absolute atomic E-state index is 11.9. The molecule has 0 aliphatic carbocycles. The first-order chi connectivity index (χ1) is 10.4. The van der Waals surface area contributed by atoms with E-state index in [-0.39, 0.29) is 35.9 Å². The van der Waals surface area contributed by atoms with Crippen LogP contribution in [0.25, 0.3) is 0 Å². The van der Waals surface area contributed by atoms with Crippen molar-refractivity contribution in [3.8, 4) is 0 Å². The van der Waals surface area contributed by atoms with Crippen molar-refractivity contribution in [2.75, 3.05) is 24.6 Å². The van der Waals surface area contributed by atoms with Crippen molar-refractivity contribution in [2.45, 2.75) is 26.3 Å².